The van der Waals surface area contributed by atoms with Crippen molar-refractivity contribution in [3.63, 3.8) is 0 Å². The summed E-state index contributed by atoms with van der Waals surface area (Å²) in [6.07, 6.45) is 9.59. The fourth-order valence-corrected chi connectivity index (χ4v) is 4.11. The Morgan fingerprint density at radius 1 is 1.39 bits per heavy atom. The minimum absolute atomic E-state index is 0.403. The van der Waals surface area contributed by atoms with Gasteiger partial charge in [0.15, 0.2) is 0 Å². The molecule has 2 nitrogen and oxygen atoms in total. The van der Waals surface area contributed by atoms with E-state index >= 15 is 0 Å². The van der Waals surface area contributed by atoms with Gasteiger partial charge in [-0.1, -0.05) is 42.1 Å². The maximum absolute atomic E-state index is 12.2. The monoisotopic (exact) mass is 315 g/mol. The van der Waals surface area contributed by atoms with E-state index in [1.54, 1.807) is 0 Å². The van der Waals surface area contributed by atoms with E-state index in [0.29, 0.717) is 11.3 Å². The molecule has 0 N–H and O–H groups in total. The van der Waals surface area contributed by atoms with Crippen molar-refractivity contribution in [1.82, 2.24) is 4.90 Å². The number of nitrogens with zero attached hydrogens (tertiary/aromatic N) is 1. The zero-order chi connectivity index (χ0) is 13.0. The quantitative estimate of drug-likeness (QED) is 0.703. The van der Waals surface area contributed by atoms with E-state index in [1.807, 2.05) is 0 Å². The second-order valence-corrected chi connectivity index (χ2v) is 6.85. The lowest BCUT2D eigenvalue weighted by Crippen LogP contribution is -2.45. The molecule has 1 saturated carbocycles. The average molecular weight is 316 g/mol. The van der Waals surface area contributed by atoms with Crippen molar-refractivity contribution in [2.24, 2.45) is 11.3 Å². The van der Waals surface area contributed by atoms with Crippen LogP contribution in [0.5, 0.6) is 0 Å². The lowest BCUT2D eigenvalue weighted by Gasteiger charge is -2.44. The lowest BCUT2D eigenvalue weighted by molar-refractivity contribution is -0.133. The Morgan fingerprint density at radius 2 is 2.17 bits per heavy atom. The molecule has 0 bridgehead atoms. The minimum atomic E-state index is 0.403. The van der Waals surface area contributed by atoms with Crippen LogP contribution in [-0.4, -0.2) is 29.2 Å². The summed E-state index contributed by atoms with van der Waals surface area (Å²) in [5.41, 5.74) is 0.403. The third-order valence-corrected chi connectivity index (χ3v) is 6.04. The van der Waals surface area contributed by atoms with Crippen LogP contribution in [-0.2, 0) is 4.79 Å². The lowest BCUT2D eigenvalue weighted by atomic mass is 9.70. The van der Waals surface area contributed by atoms with Crippen LogP contribution in [0, 0.1) is 11.3 Å². The van der Waals surface area contributed by atoms with Gasteiger partial charge in [0.1, 0.15) is 0 Å². The first-order valence-electron chi connectivity index (χ1n) is 7.53. The van der Waals surface area contributed by atoms with Crippen molar-refractivity contribution in [3.8, 4) is 0 Å². The van der Waals surface area contributed by atoms with Gasteiger partial charge in [-0.3, -0.25) is 4.79 Å². The second kappa shape index (κ2) is 6.40. The first-order valence-corrected chi connectivity index (χ1v) is 8.65. The molecule has 104 valence electrons. The third kappa shape index (κ3) is 3.28. The van der Waals surface area contributed by atoms with E-state index in [-0.39, 0.29) is 0 Å². The Hall–Kier alpha value is -0.0500. The zero-order valence-electron chi connectivity index (χ0n) is 11.6. The fourth-order valence-electron chi connectivity index (χ4n) is 3.37. The highest BCUT2D eigenvalue weighted by molar-refractivity contribution is 9.09. The molecule has 1 heterocycles. The number of hydrogen-bond donors (Lipinski definition) is 0. The number of carbonyl (C=O) groups is 1. The molecule has 0 spiro atoms. The normalized spacial score (nSPS) is 27.8. The molecule has 0 radical (unpaired) electrons. The highest BCUT2D eigenvalue weighted by Crippen LogP contribution is 2.43. The van der Waals surface area contributed by atoms with Crippen LogP contribution < -0.4 is 0 Å². The molecule has 1 saturated heterocycles. The van der Waals surface area contributed by atoms with Crippen LogP contribution in [0.3, 0.4) is 0 Å². The Morgan fingerprint density at radius 3 is 2.72 bits per heavy atom. The Kier molecular flexibility index (Phi) is 5.11. The Balaban J connectivity index is 1.89. The highest BCUT2D eigenvalue weighted by Gasteiger charge is 2.39. The van der Waals surface area contributed by atoms with E-state index < -0.39 is 0 Å². The van der Waals surface area contributed by atoms with E-state index in [2.05, 4.69) is 27.8 Å². The average Bonchev–Trinajstić information content (AvgIpc) is 2.49. The summed E-state index contributed by atoms with van der Waals surface area (Å²) >= 11 is 3.65. The van der Waals surface area contributed by atoms with Crippen LogP contribution in [0.25, 0.3) is 0 Å². The Labute approximate surface area is 120 Å². The van der Waals surface area contributed by atoms with Gasteiger partial charge in [-0.25, -0.2) is 0 Å². The maximum Gasteiger partial charge on any atom is 0.222 e. The van der Waals surface area contributed by atoms with Gasteiger partial charge in [-0.05, 0) is 37.0 Å². The molecule has 1 aliphatic carbocycles. The minimum Gasteiger partial charge on any atom is -0.342 e. The summed E-state index contributed by atoms with van der Waals surface area (Å²) in [4.78, 5) is 14.4. The first kappa shape index (κ1) is 14.4. The second-order valence-electron chi connectivity index (χ2n) is 6.28. The SMILES string of the molecule is CCCC1CCC(=O)N(CC2(CBr)CCC2)CC1. The van der Waals surface area contributed by atoms with Gasteiger partial charge >= 0.3 is 0 Å². The molecule has 0 aromatic heterocycles. The largest absolute Gasteiger partial charge is 0.342 e. The van der Waals surface area contributed by atoms with E-state index in [1.165, 1.54) is 38.5 Å². The van der Waals surface area contributed by atoms with Crippen LogP contribution in [0.1, 0.15) is 58.3 Å². The van der Waals surface area contributed by atoms with Crippen molar-refractivity contribution < 1.29 is 4.79 Å². The molecule has 1 aliphatic heterocycles. The van der Waals surface area contributed by atoms with Crippen LogP contribution in [0.4, 0.5) is 0 Å². The first-order chi connectivity index (χ1) is 8.69. The molecule has 1 amide bonds. The smallest absolute Gasteiger partial charge is 0.222 e. The van der Waals surface area contributed by atoms with Crippen LogP contribution in [0.15, 0.2) is 0 Å². The predicted molar refractivity (Wildman–Crippen MR) is 78.9 cm³/mol. The predicted octanol–water partition coefficient (Wildman–Crippen LogP) is 3.98. The number of halogens is 1. The van der Waals surface area contributed by atoms with Crippen LogP contribution >= 0.6 is 15.9 Å². The summed E-state index contributed by atoms with van der Waals surface area (Å²) in [7, 11) is 0. The van der Waals surface area contributed by atoms with E-state index in [0.717, 1.165) is 37.2 Å². The number of likely N-dealkylation sites (tertiary alicyclic amines) is 1. The number of rotatable bonds is 5. The molecule has 0 aromatic carbocycles. The van der Waals surface area contributed by atoms with E-state index in [9.17, 15) is 4.79 Å². The molecular weight excluding hydrogens is 290 g/mol. The zero-order valence-corrected chi connectivity index (χ0v) is 13.2. The number of amides is 1. The summed E-state index contributed by atoms with van der Waals surface area (Å²) in [6.45, 7) is 4.24. The summed E-state index contributed by atoms with van der Waals surface area (Å²) in [5.74, 6) is 1.19. The maximum atomic E-state index is 12.2. The van der Waals surface area contributed by atoms with Crippen molar-refractivity contribution in [1.29, 1.82) is 0 Å². The van der Waals surface area contributed by atoms with Gasteiger partial charge in [0.2, 0.25) is 5.91 Å². The number of alkyl halides is 1. The van der Waals surface area contributed by atoms with Crippen molar-refractivity contribution >= 4 is 21.8 Å². The molecule has 18 heavy (non-hydrogen) atoms. The molecule has 1 unspecified atom stereocenters. The standard InChI is InChI=1S/C15H26BrNO/c1-2-4-13-5-6-14(18)17(10-7-13)12-15(11-16)8-3-9-15/h13H,2-12H2,1H3. The molecule has 1 atom stereocenters. The number of hydrogen-bond acceptors (Lipinski definition) is 1. The van der Waals surface area contributed by atoms with Gasteiger partial charge in [-0.15, -0.1) is 0 Å². The summed E-state index contributed by atoms with van der Waals surface area (Å²) < 4.78 is 0. The van der Waals surface area contributed by atoms with Crippen molar-refractivity contribution in [3.05, 3.63) is 0 Å². The van der Waals surface area contributed by atoms with Gasteiger partial charge < -0.3 is 4.90 Å². The number of carbonyl (C=O) groups excluding carboxylic acids is 1. The molecule has 2 aliphatic rings. The molecule has 2 fully saturated rings. The molecule has 2 rings (SSSR count). The Bertz CT molecular complexity index is 283. The highest BCUT2D eigenvalue weighted by atomic mass is 79.9. The van der Waals surface area contributed by atoms with Gasteiger partial charge in [0.05, 0.1) is 0 Å². The van der Waals surface area contributed by atoms with E-state index in [4.69, 9.17) is 0 Å². The van der Waals surface area contributed by atoms with Crippen molar-refractivity contribution in [2.45, 2.75) is 58.3 Å². The fraction of sp³-hybridized carbons (Fsp3) is 0.933. The summed E-state index contributed by atoms with van der Waals surface area (Å²) in [6, 6.07) is 0. The third-order valence-electron chi connectivity index (χ3n) is 4.85. The molecule has 3 heteroatoms. The van der Waals surface area contributed by atoms with Crippen molar-refractivity contribution in [2.75, 3.05) is 18.4 Å². The van der Waals surface area contributed by atoms with Gasteiger partial charge in [0, 0.05) is 24.8 Å². The van der Waals surface area contributed by atoms with Crippen LogP contribution in [0.2, 0.25) is 0 Å². The molecular formula is C15H26BrNO. The molecule has 0 aromatic rings. The van der Waals surface area contributed by atoms with Gasteiger partial charge in [0.25, 0.3) is 0 Å². The van der Waals surface area contributed by atoms with Gasteiger partial charge in [-0.2, -0.15) is 0 Å². The topological polar surface area (TPSA) is 20.3 Å². The summed E-state index contributed by atoms with van der Waals surface area (Å²) in [5, 5.41) is 1.06.